The molecule has 3 heterocycles. The van der Waals surface area contributed by atoms with Gasteiger partial charge in [-0.05, 0) is 43.9 Å². The minimum Gasteiger partial charge on any atom is -0.463 e. The van der Waals surface area contributed by atoms with Gasteiger partial charge < -0.3 is 14.6 Å². The summed E-state index contributed by atoms with van der Waals surface area (Å²) in [6, 6.07) is 15.0. The zero-order chi connectivity index (χ0) is 22.4. The van der Waals surface area contributed by atoms with Crippen LogP contribution in [0.5, 0.6) is 0 Å². The van der Waals surface area contributed by atoms with Crippen molar-refractivity contribution in [3.05, 3.63) is 86.7 Å². The second-order valence-corrected chi connectivity index (χ2v) is 8.38. The van der Waals surface area contributed by atoms with E-state index in [4.69, 9.17) is 4.74 Å². The van der Waals surface area contributed by atoms with Crippen LogP contribution in [0.25, 0.3) is 10.9 Å². The van der Waals surface area contributed by atoms with E-state index < -0.39 is 4.92 Å². The highest BCUT2D eigenvalue weighted by Crippen LogP contribution is 2.48. The Morgan fingerprint density at radius 1 is 1.22 bits per heavy atom. The van der Waals surface area contributed by atoms with Crippen molar-refractivity contribution >= 4 is 22.6 Å². The third kappa shape index (κ3) is 3.16. The molecule has 0 fully saturated rings. The predicted molar refractivity (Wildman–Crippen MR) is 121 cm³/mol. The summed E-state index contributed by atoms with van der Waals surface area (Å²) in [6.07, 6.45) is 1.61. The number of fused-ring (bicyclic) bond motifs is 5. The largest absolute Gasteiger partial charge is 0.463 e. The van der Waals surface area contributed by atoms with Crippen molar-refractivity contribution in [2.45, 2.75) is 38.6 Å². The van der Waals surface area contributed by atoms with Gasteiger partial charge in [-0.25, -0.2) is 4.79 Å². The molecule has 0 saturated carbocycles. The zero-order valence-electron chi connectivity index (χ0n) is 18.1. The summed E-state index contributed by atoms with van der Waals surface area (Å²) in [4.78, 5) is 29.7. The Bertz CT molecular complexity index is 1240. The van der Waals surface area contributed by atoms with Gasteiger partial charge in [0.2, 0.25) is 0 Å². The van der Waals surface area contributed by atoms with Gasteiger partial charge >= 0.3 is 5.97 Å². The molecule has 0 radical (unpaired) electrons. The number of esters is 1. The zero-order valence-corrected chi connectivity index (χ0v) is 18.1. The molecule has 5 rings (SSSR count). The van der Waals surface area contributed by atoms with Crippen molar-refractivity contribution < 1.29 is 14.5 Å². The summed E-state index contributed by atoms with van der Waals surface area (Å²) in [5.74, 6) is -0.511. The monoisotopic (exact) mass is 431 g/mol. The van der Waals surface area contributed by atoms with Gasteiger partial charge in [0.15, 0.2) is 0 Å². The quantitative estimate of drug-likeness (QED) is 0.357. The molecular formula is C25H25N3O4. The third-order valence-electron chi connectivity index (χ3n) is 6.79. The Kier molecular flexibility index (Phi) is 4.96. The number of nitrogens with zero attached hydrogens (tertiary/aromatic N) is 2. The second kappa shape index (κ2) is 7.82. The number of aromatic amines is 1. The minimum absolute atomic E-state index is 0.0418. The maximum Gasteiger partial charge on any atom is 0.336 e. The Labute approximate surface area is 185 Å². The third-order valence-corrected chi connectivity index (χ3v) is 6.79. The Balaban J connectivity index is 1.62. The molecule has 0 unspecified atom stereocenters. The summed E-state index contributed by atoms with van der Waals surface area (Å²) in [7, 11) is 0. The molecular weight excluding hydrogens is 406 g/mol. The number of hydrogen-bond donors (Lipinski definition) is 1. The number of para-hydroxylation sites is 1. The average molecular weight is 431 g/mol. The van der Waals surface area contributed by atoms with Gasteiger partial charge in [0.25, 0.3) is 5.69 Å². The number of non-ortho nitro benzene ring substituents is 1. The summed E-state index contributed by atoms with van der Waals surface area (Å²) >= 11 is 0. The number of nitrogens with one attached hydrogen (secondary N) is 1. The van der Waals surface area contributed by atoms with Gasteiger partial charge in [-0.3, -0.25) is 10.1 Å². The SMILES string of the molecule is CCOC(=O)C1=C(C)N2CCc3c([nH]c4ccccc34)[C@@H]2C[C@H]1c1ccc([N+](=O)[O-])cc1. The number of carbonyl (C=O) groups is 1. The molecule has 7 heteroatoms. The molecule has 32 heavy (non-hydrogen) atoms. The number of rotatable bonds is 4. The Hall–Kier alpha value is -3.61. The summed E-state index contributed by atoms with van der Waals surface area (Å²) in [5.41, 5.74) is 6.18. The standard InChI is InChI=1S/C25H25N3O4/c1-3-32-25(29)23-15(2)27-13-12-19-18-6-4-5-7-21(18)26-24(19)22(27)14-20(23)16-8-10-17(11-9-16)28(30)31/h4-11,20,22,26H,3,12-14H2,1-2H3/t20-,22-/m0/s1. The molecule has 2 aliphatic rings. The van der Waals surface area contributed by atoms with Gasteiger partial charge in [0, 0.05) is 46.9 Å². The molecule has 7 nitrogen and oxygen atoms in total. The van der Waals surface area contributed by atoms with E-state index in [2.05, 4.69) is 28.1 Å². The van der Waals surface area contributed by atoms with Gasteiger partial charge in [-0.2, -0.15) is 0 Å². The summed E-state index contributed by atoms with van der Waals surface area (Å²) < 4.78 is 5.42. The number of ether oxygens (including phenoxy) is 1. The smallest absolute Gasteiger partial charge is 0.336 e. The van der Waals surface area contributed by atoms with Crippen LogP contribution in [-0.2, 0) is 16.0 Å². The number of hydrogen-bond acceptors (Lipinski definition) is 5. The minimum atomic E-state index is -0.405. The predicted octanol–water partition coefficient (Wildman–Crippen LogP) is 5.00. The maximum absolute atomic E-state index is 13.0. The number of allylic oxidation sites excluding steroid dienone is 1. The fraction of sp³-hybridized carbons (Fsp3) is 0.320. The highest BCUT2D eigenvalue weighted by Gasteiger charge is 2.41. The number of aromatic nitrogens is 1. The first kappa shape index (κ1) is 20.3. The number of benzene rings is 2. The van der Waals surface area contributed by atoms with Crippen molar-refractivity contribution in [3.8, 4) is 0 Å². The lowest BCUT2D eigenvalue weighted by atomic mass is 9.78. The Morgan fingerprint density at radius 3 is 2.69 bits per heavy atom. The molecule has 1 aromatic heterocycles. The van der Waals surface area contributed by atoms with Crippen molar-refractivity contribution in [2.75, 3.05) is 13.2 Å². The van der Waals surface area contributed by atoms with E-state index in [0.29, 0.717) is 18.6 Å². The lowest BCUT2D eigenvalue weighted by Gasteiger charge is -2.45. The molecule has 1 N–H and O–H groups in total. The molecule has 3 aromatic rings. The molecule has 2 aliphatic heterocycles. The van der Waals surface area contributed by atoms with Crippen LogP contribution in [0, 0.1) is 10.1 Å². The van der Waals surface area contributed by atoms with E-state index in [1.807, 2.05) is 13.0 Å². The first-order valence-corrected chi connectivity index (χ1v) is 11.0. The molecule has 2 atom stereocenters. The van der Waals surface area contributed by atoms with Gasteiger partial charge in [-0.1, -0.05) is 30.3 Å². The summed E-state index contributed by atoms with van der Waals surface area (Å²) in [6.45, 7) is 4.93. The lowest BCUT2D eigenvalue weighted by Crippen LogP contribution is -2.40. The van der Waals surface area contributed by atoms with Crippen molar-refractivity contribution in [1.29, 1.82) is 0 Å². The van der Waals surface area contributed by atoms with Gasteiger partial charge in [0.05, 0.1) is 23.1 Å². The molecule has 0 saturated heterocycles. The van der Waals surface area contributed by atoms with Crippen LogP contribution in [-0.4, -0.2) is 33.9 Å². The maximum atomic E-state index is 13.0. The fourth-order valence-corrected chi connectivity index (χ4v) is 5.34. The first-order valence-electron chi connectivity index (χ1n) is 11.0. The number of carbonyl (C=O) groups excluding carboxylic acids is 1. The number of H-pyrrole nitrogens is 1. The van der Waals surface area contributed by atoms with E-state index in [9.17, 15) is 14.9 Å². The second-order valence-electron chi connectivity index (χ2n) is 8.38. The molecule has 0 amide bonds. The lowest BCUT2D eigenvalue weighted by molar-refractivity contribution is -0.384. The molecule has 0 aliphatic carbocycles. The fourth-order valence-electron chi connectivity index (χ4n) is 5.34. The first-order chi connectivity index (χ1) is 15.5. The van der Waals surface area contributed by atoms with E-state index >= 15 is 0 Å². The van der Waals surface area contributed by atoms with Crippen LogP contribution in [0.1, 0.15) is 49.0 Å². The van der Waals surface area contributed by atoms with E-state index in [1.54, 1.807) is 19.1 Å². The van der Waals surface area contributed by atoms with Crippen LogP contribution in [0.15, 0.2) is 59.8 Å². The van der Waals surface area contributed by atoms with Crippen molar-refractivity contribution in [2.24, 2.45) is 0 Å². The highest BCUT2D eigenvalue weighted by atomic mass is 16.6. The number of nitro groups is 1. The van der Waals surface area contributed by atoms with Crippen LogP contribution < -0.4 is 0 Å². The molecule has 0 bridgehead atoms. The topological polar surface area (TPSA) is 88.5 Å². The van der Waals surface area contributed by atoms with Crippen LogP contribution in [0.4, 0.5) is 5.69 Å². The van der Waals surface area contributed by atoms with Gasteiger partial charge in [-0.15, -0.1) is 0 Å². The van der Waals surface area contributed by atoms with Crippen molar-refractivity contribution in [1.82, 2.24) is 9.88 Å². The van der Waals surface area contributed by atoms with Crippen molar-refractivity contribution in [3.63, 3.8) is 0 Å². The van der Waals surface area contributed by atoms with Crippen LogP contribution >= 0.6 is 0 Å². The van der Waals surface area contributed by atoms with Crippen LogP contribution in [0.2, 0.25) is 0 Å². The highest BCUT2D eigenvalue weighted by molar-refractivity contribution is 5.91. The normalized spacial score (nSPS) is 20.1. The summed E-state index contributed by atoms with van der Waals surface area (Å²) in [5, 5.41) is 12.4. The molecule has 164 valence electrons. The molecule has 0 spiro atoms. The van der Waals surface area contributed by atoms with Gasteiger partial charge in [0.1, 0.15) is 0 Å². The number of nitro benzene ring substituents is 1. The Morgan fingerprint density at radius 2 is 1.97 bits per heavy atom. The van der Waals surface area contributed by atoms with E-state index in [-0.39, 0.29) is 23.6 Å². The molecule has 2 aromatic carbocycles. The van der Waals surface area contributed by atoms with Crippen LogP contribution in [0.3, 0.4) is 0 Å². The van der Waals surface area contributed by atoms with E-state index in [1.165, 1.54) is 28.8 Å². The van der Waals surface area contributed by atoms with E-state index in [0.717, 1.165) is 29.7 Å². The average Bonchev–Trinajstić information content (AvgIpc) is 3.18.